The van der Waals surface area contributed by atoms with Crippen LogP contribution in [0.4, 0.5) is 5.69 Å². The molecule has 0 unspecified atom stereocenters. The van der Waals surface area contributed by atoms with Crippen LogP contribution in [0.3, 0.4) is 0 Å². The standard InChI is InChI=1S/C28H21NO6/c1-34-27(30)25-22(17-18-13-15-21(16-14-18)29(32)33)26(28(31)35-2)24(20-11-7-4-8-12-20)23(25)19-9-5-3-6-10-19/h3-17H,1-2H3. The lowest BCUT2D eigenvalue weighted by molar-refractivity contribution is -0.384. The molecule has 0 radical (unpaired) electrons. The number of carbonyl (C=O) groups excluding carboxylic acids is 2. The van der Waals surface area contributed by atoms with Crippen LogP contribution in [0.1, 0.15) is 16.7 Å². The van der Waals surface area contributed by atoms with Gasteiger partial charge in [0.1, 0.15) is 0 Å². The molecule has 174 valence electrons. The van der Waals surface area contributed by atoms with Gasteiger partial charge in [0.2, 0.25) is 0 Å². The number of hydrogen-bond donors (Lipinski definition) is 0. The molecule has 0 aromatic heterocycles. The quantitative estimate of drug-likeness (QED) is 0.279. The summed E-state index contributed by atoms with van der Waals surface area (Å²) in [7, 11) is 2.56. The van der Waals surface area contributed by atoms with Crippen molar-refractivity contribution in [3.63, 3.8) is 0 Å². The molecule has 1 aliphatic rings. The number of esters is 2. The zero-order chi connectivity index (χ0) is 24.9. The van der Waals surface area contributed by atoms with E-state index in [0.29, 0.717) is 22.3 Å². The summed E-state index contributed by atoms with van der Waals surface area (Å²) in [5.74, 6) is -1.24. The van der Waals surface area contributed by atoms with Crippen LogP contribution in [-0.2, 0) is 19.1 Å². The molecule has 7 nitrogen and oxygen atoms in total. The van der Waals surface area contributed by atoms with Crippen molar-refractivity contribution in [2.24, 2.45) is 0 Å². The van der Waals surface area contributed by atoms with Gasteiger partial charge in [0, 0.05) is 28.9 Å². The van der Waals surface area contributed by atoms with Crippen molar-refractivity contribution in [2.45, 2.75) is 0 Å². The Kier molecular flexibility index (Phi) is 6.69. The molecule has 0 bridgehead atoms. The topological polar surface area (TPSA) is 95.7 Å². The molecular weight excluding hydrogens is 446 g/mol. The fraction of sp³-hybridized carbons (Fsp3) is 0.0714. The average Bonchev–Trinajstić information content (AvgIpc) is 3.23. The third-order valence-corrected chi connectivity index (χ3v) is 5.61. The number of nitro groups is 1. The molecule has 3 aromatic carbocycles. The molecule has 1 aliphatic carbocycles. The summed E-state index contributed by atoms with van der Waals surface area (Å²) in [5.41, 5.74) is 3.74. The predicted molar refractivity (Wildman–Crippen MR) is 132 cm³/mol. The molecule has 0 fully saturated rings. The highest BCUT2D eigenvalue weighted by Gasteiger charge is 2.38. The largest absolute Gasteiger partial charge is 0.465 e. The van der Waals surface area contributed by atoms with Gasteiger partial charge >= 0.3 is 11.9 Å². The maximum atomic E-state index is 13.2. The molecule has 0 atom stereocenters. The van der Waals surface area contributed by atoms with E-state index in [9.17, 15) is 19.7 Å². The number of nitrogens with zero attached hydrogens (tertiary/aromatic N) is 1. The van der Waals surface area contributed by atoms with E-state index in [4.69, 9.17) is 9.47 Å². The Bertz CT molecular complexity index is 1310. The van der Waals surface area contributed by atoms with Crippen LogP contribution in [0.5, 0.6) is 0 Å². The number of hydrogen-bond acceptors (Lipinski definition) is 6. The highest BCUT2D eigenvalue weighted by molar-refractivity contribution is 6.29. The smallest absolute Gasteiger partial charge is 0.339 e. The second-order valence-electron chi connectivity index (χ2n) is 7.62. The van der Waals surface area contributed by atoms with E-state index < -0.39 is 16.9 Å². The first-order valence-electron chi connectivity index (χ1n) is 10.7. The van der Waals surface area contributed by atoms with Crippen molar-refractivity contribution in [1.82, 2.24) is 0 Å². The van der Waals surface area contributed by atoms with Crippen LogP contribution < -0.4 is 0 Å². The van der Waals surface area contributed by atoms with Gasteiger partial charge in [-0.3, -0.25) is 10.1 Å². The fourth-order valence-electron chi connectivity index (χ4n) is 4.06. The lowest BCUT2D eigenvalue weighted by Gasteiger charge is -2.12. The Hall–Kier alpha value is -4.78. The second-order valence-corrected chi connectivity index (χ2v) is 7.62. The monoisotopic (exact) mass is 467 g/mol. The summed E-state index contributed by atoms with van der Waals surface area (Å²) in [6, 6.07) is 24.3. The lowest BCUT2D eigenvalue weighted by atomic mass is 9.91. The number of rotatable bonds is 6. The van der Waals surface area contributed by atoms with E-state index in [1.54, 1.807) is 18.2 Å². The van der Waals surface area contributed by atoms with E-state index in [-0.39, 0.29) is 16.8 Å². The number of methoxy groups -OCH3 is 2. The molecule has 0 N–H and O–H groups in total. The molecule has 0 spiro atoms. The first kappa shape index (κ1) is 23.4. The van der Waals surface area contributed by atoms with Gasteiger partial charge in [-0.05, 0) is 34.9 Å². The Labute approximate surface area is 201 Å². The number of nitro benzene ring substituents is 1. The molecule has 7 heteroatoms. The van der Waals surface area contributed by atoms with E-state index in [1.165, 1.54) is 26.4 Å². The average molecular weight is 467 g/mol. The van der Waals surface area contributed by atoms with E-state index in [0.717, 1.165) is 11.1 Å². The second kappa shape index (κ2) is 10.0. The SMILES string of the molecule is COC(=O)C1=C(c2ccccc2)C(c2ccccc2)=C(C(=O)OC)C1=Cc1ccc([N+](=O)[O-])cc1. The van der Waals surface area contributed by atoms with Crippen molar-refractivity contribution in [2.75, 3.05) is 14.2 Å². The van der Waals surface area contributed by atoms with Crippen molar-refractivity contribution in [3.8, 4) is 0 Å². The van der Waals surface area contributed by atoms with Crippen LogP contribution >= 0.6 is 0 Å². The van der Waals surface area contributed by atoms with Crippen molar-refractivity contribution in [3.05, 3.63) is 128 Å². The normalized spacial score (nSPS) is 13.0. The summed E-state index contributed by atoms with van der Waals surface area (Å²) < 4.78 is 10.3. The van der Waals surface area contributed by atoms with Gasteiger partial charge in [-0.15, -0.1) is 0 Å². The Morgan fingerprint density at radius 3 is 1.51 bits per heavy atom. The molecule has 0 saturated heterocycles. The molecule has 0 amide bonds. The highest BCUT2D eigenvalue weighted by atomic mass is 16.6. The van der Waals surface area contributed by atoms with Gasteiger partial charge in [0.05, 0.1) is 30.3 Å². The first-order valence-corrected chi connectivity index (χ1v) is 10.7. The van der Waals surface area contributed by atoms with Crippen LogP contribution in [0, 0.1) is 10.1 Å². The van der Waals surface area contributed by atoms with Crippen molar-refractivity contribution >= 4 is 34.8 Å². The summed E-state index contributed by atoms with van der Waals surface area (Å²) in [6.07, 6.45) is 1.64. The van der Waals surface area contributed by atoms with Gasteiger partial charge in [-0.1, -0.05) is 60.7 Å². The molecule has 4 rings (SSSR count). The van der Waals surface area contributed by atoms with Crippen LogP contribution in [0.2, 0.25) is 0 Å². The summed E-state index contributed by atoms with van der Waals surface area (Å²) >= 11 is 0. The maximum Gasteiger partial charge on any atom is 0.339 e. The van der Waals surface area contributed by atoms with Crippen LogP contribution in [0.25, 0.3) is 17.2 Å². The van der Waals surface area contributed by atoms with E-state index >= 15 is 0 Å². The summed E-state index contributed by atoms with van der Waals surface area (Å²) in [4.78, 5) is 36.9. The Balaban J connectivity index is 2.09. The van der Waals surface area contributed by atoms with Crippen LogP contribution in [0.15, 0.2) is 102 Å². The highest BCUT2D eigenvalue weighted by Crippen LogP contribution is 2.48. The number of non-ortho nitro benzene ring substituents is 1. The first-order chi connectivity index (χ1) is 17.0. The number of ether oxygens (including phenoxy) is 2. The molecule has 35 heavy (non-hydrogen) atoms. The number of benzene rings is 3. The van der Waals surface area contributed by atoms with Gasteiger partial charge < -0.3 is 9.47 Å². The number of allylic oxidation sites excluding steroid dienone is 2. The zero-order valence-corrected chi connectivity index (χ0v) is 19.1. The predicted octanol–water partition coefficient (Wildman–Crippen LogP) is 5.25. The molecule has 0 saturated carbocycles. The maximum absolute atomic E-state index is 13.2. The summed E-state index contributed by atoms with van der Waals surface area (Å²) in [6.45, 7) is 0. The van der Waals surface area contributed by atoms with E-state index in [1.807, 2.05) is 60.7 Å². The molecule has 0 heterocycles. The lowest BCUT2D eigenvalue weighted by Crippen LogP contribution is -2.11. The molecule has 0 aliphatic heterocycles. The minimum Gasteiger partial charge on any atom is -0.465 e. The van der Waals surface area contributed by atoms with E-state index in [2.05, 4.69) is 0 Å². The third kappa shape index (κ3) is 4.52. The third-order valence-electron chi connectivity index (χ3n) is 5.61. The van der Waals surface area contributed by atoms with Crippen LogP contribution in [-0.4, -0.2) is 31.1 Å². The minimum absolute atomic E-state index is 0.0685. The zero-order valence-electron chi connectivity index (χ0n) is 19.1. The Morgan fingerprint density at radius 1 is 0.714 bits per heavy atom. The van der Waals surface area contributed by atoms with Crippen molar-refractivity contribution < 1.29 is 24.0 Å². The van der Waals surface area contributed by atoms with Gasteiger partial charge in [0.25, 0.3) is 5.69 Å². The molecule has 3 aromatic rings. The minimum atomic E-state index is -0.621. The van der Waals surface area contributed by atoms with Gasteiger partial charge in [0.15, 0.2) is 0 Å². The van der Waals surface area contributed by atoms with Crippen molar-refractivity contribution in [1.29, 1.82) is 0 Å². The Morgan fingerprint density at radius 2 is 1.14 bits per heavy atom. The fourth-order valence-corrected chi connectivity index (χ4v) is 4.06. The van der Waals surface area contributed by atoms with Gasteiger partial charge in [-0.2, -0.15) is 0 Å². The number of carbonyl (C=O) groups is 2. The molecular formula is C28H21NO6. The van der Waals surface area contributed by atoms with Gasteiger partial charge in [-0.25, -0.2) is 9.59 Å². The summed E-state index contributed by atoms with van der Waals surface area (Å²) in [5, 5.41) is 11.1.